The summed E-state index contributed by atoms with van der Waals surface area (Å²) in [6.45, 7) is 6.60. The first kappa shape index (κ1) is 13.2. The molecule has 0 aromatic heterocycles. The first-order valence-corrected chi connectivity index (χ1v) is 5.35. The lowest BCUT2D eigenvalue weighted by Gasteiger charge is -2.19. The van der Waals surface area contributed by atoms with Crippen molar-refractivity contribution in [1.82, 2.24) is 4.90 Å². The summed E-state index contributed by atoms with van der Waals surface area (Å²) >= 11 is 5.46. The van der Waals surface area contributed by atoms with Crippen molar-refractivity contribution in [3.05, 3.63) is 0 Å². The second kappa shape index (κ2) is 10.3. The summed E-state index contributed by atoms with van der Waals surface area (Å²) in [4.78, 5) is 2.25. The molecule has 4 heteroatoms. The van der Waals surface area contributed by atoms with Crippen LogP contribution < -0.4 is 0 Å². The van der Waals surface area contributed by atoms with Gasteiger partial charge in [-0.05, 0) is 13.0 Å². The lowest BCUT2D eigenvalue weighted by molar-refractivity contribution is 0.113. The van der Waals surface area contributed by atoms with Crippen molar-refractivity contribution in [3.63, 3.8) is 0 Å². The summed E-state index contributed by atoms with van der Waals surface area (Å²) in [6.07, 6.45) is 0.837. The Kier molecular flexibility index (Phi) is 10.4. The van der Waals surface area contributed by atoms with Crippen LogP contribution in [-0.2, 0) is 4.74 Å². The van der Waals surface area contributed by atoms with E-state index in [1.807, 2.05) is 0 Å². The molecule has 0 aliphatic rings. The summed E-state index contributed by atoms with van der Waals surface area (Å²) in [5.74, 6) is 0.558. The molecule has 0 aliphatic heterocycles. The standard InChI is InChI=1S/C9H20ClNO2/c1-2-11(5-3-7-12)6-9-13-8-4-10/h12H,2-9H2,1H3. The summed E-state index contributed by atoms with van der Waals surface area (Å²) in [5, 5.41) is 8.64. The van der Waals surface area contributed by atoms with Gasteiger partial charge in [0.1, 0.15) is 0 Å². The van der Waals surface area contributed by atoms with E-state index < -0.39 is 0 Å². The van der Waals surface area contributed by atoms with Crippen molar-refractivity contribution < 1.29 is 9.84 Å². The molecule has 3 nitrogen and oxygen atoms in total. The van der Waals surface area contributed by atoms with Crippen molar-refractivity contribution in [1.29, 1.82) is 0 Å². The first-order chi connectivity index (χ1) is 6.35. The molecule has 13 heavy (non-hydrogen) atoms. The molecular weight excluding hydrogens is 190 g/mol. The average molecular weight is 210 g/mol. The Morgan fingerprint density at radius 2 is 2.08 bits per heavy atom. The zero-order chi connectivity index (χ0) is 9.94. The first-order valence-electron chi connectivity index (χ1n) is 4.82. The van der Waals surface area contributed by atoms with Crippen molar-refractivity contribution >= 4 is 11.6 Å². The highest BCUT2D eigenvalue weighted by Gasteiger charge is 2.00. The van der Waals surface area contributed by atoms with Crippen LogP contribution in [0.25, 0.3) is 0 Å². The molecule has 0 amide bonds. The lowest BCUT2D eigenvalue weighted by Crippen LogP contribution is -2.29. The van der Waals surface area contributed by atoms with Crippen LogP contribution in [0, 0.1) is 0 Å². The van der Waals surface area contributed by atoms with Crippen LogP contribution in [0.1, 0.15) is 13.3 Å². The van der Waals surface area contributed by atoms with Gasteiger partial charge in [0.25, 0.3) is 0 Å². The number of ether oxygens (including phenoxy) is 1. The molecule has 0 unspecified atom stereocenters. The number of nitrogens with zero attached hydrogens (tertiary/aromatic N) is 1. The Balaban J connectivity index is 3.25. The maximum absolute atomic E-state index is 8.64. The highest BCUT2D eigenvalue weighted by Crippen LogP contribution is 1.91. The Morgan fingerprint density at radius 1 is 1.31 bits per heavy atom. The Morgan fingerprint density at radius 3 is 2.62 bits per heavy atom. The topological polar surface area (TPSA) is 32.7 Å². The molecule has 0 spiro atoms. The maximum Gasteiger partial charge on any atom is 0.0602 e. The van der Waals surface area contributed by atoms with E-state index >= 15 is 0 Å². The van der Waals surface area contributed by atoms with Gasteiger partial charge in [-0.1, -0.05) is 6.92 Å². The molecule has 0 saturated carbocycles. The monoisotopic (exact) mass is 209 g/mol. The molecule has 0 atom stereocenters. The largest absolute Gasteiger partial charge is 0.396 e. The van der Waals surface area contributed by atoms with Gasteiger partial charge in [-0.3, -0.25) is 0 Å². The van der Waals surface area contributed by atoms with Crippen molar-refractivity contribution in [3.8, 4) is 0 Å². The van der Waals surface area contributed by atoms with E-state index in [9.17, 15) is 0 Å². The fraction of sp³-hybridized carbons (Fsp3) is 1.00. The molecule has 1 N–H and O–H groups in total. The molecule has 0 fully saturated rings. The number of halogens is 1. The van der Waals surface area contributed by atoms with Crippen LogP contribution in [0.15, 0.2) is 0 Å². The molecule has 0 bridgehead atoms. The number of rotatable bonds is 9. The summed E-state index contributed by atoms with van der Waals surface area (Å²) < 4.78 is 5.26. The third-order valence-corrected chi connectivity index (χ3v) is 2.01. The normalized spacial score (nSPS) is 11.1. The zero-order valence-electron chi connectivity index (χ0n) is 8.34. The molecule has 0 saturated heterocycles. The highest BCUT2D eigenvalue weighted by atomic mass is 35.5. The Hall–Kier alpha value is 0.170. The second-order valence-electron chi connectivity index (χ2n) is 2.81. The second-order valence-corrected chi connectivity index (χ2v) is 3.19. The minimum atomic E-state index is 0.263. The highest BCUT2D eigenvalue weighted by molar-refractivity contribution is 6.17. The number of likely N-dealkylation sites (N-methyl/N-ethyl adjacent to an activating group) is 1. The van der Waals surface area contributed by atoms with E-state index in [-0.39, 0.29) is 6.61 Å². The van der Waals surface area contributed by atoms with Crippen molar-refractivity contribution in [2.75, 3.05) is 45.3 Å². The van der Waals surface area contributed by atoms with Crippen LogP contribution in [0.3, 0.4) is 0 Å². The summed E-state index contributed by atoms with van der Waals surface area (Å²) in [6, 6.07) is 0. The van der Waals surface area contributed by atoms with Gasteiger partial charge in [0, 0.05) is 25.6 Å². The minimum Gasteiger partial charge on any atom is -0.396 e. The third kappa shape index (κ3) is 8.50. The number of alkyl halides is 1. The van der Waals surface area contributed by atoms with Crippen LogP contribution in [0.4, 0.5) is 0 Å². The van der Waals surface area contributed by atoms with Gasteiger partial charge < -0.3 is 14.7 Å². The molecular formula is C9H20ClNO2. The van der Waals surface area contributed by atoms with Gasteiger partial charge in [0.15, 0.2) is 0 Å². The van der Waals surface area contributed by atoms with E-state index in [0.717, 1.165) is 32.7 Å². The smallest absolute Gasteiger partial charge is 0.0602 e. The van der Waals surface area contributed by atoms with E-state index in [1.54, 1.807) is 0 Å². The molecule has 0 aromatic rings. The molecule has 80 valence electrons. The number of aliphatic hydroxyl groups excluding tert-OH is 1. The molecule has 0 rings (SSSR count). The summed E-state index contributed by atoms with van der Waals surface area (Å²) in [5.41, 5.74) is 0. The van der Waals surface area contributed by atoms with Crippen LogP contribution >= 0.6 is 11.6 Å². The van der Waals surface area contributed by atoms with Gasteiger partial charge in [0.05, 0.1) is 13.2 Å². The fourth-order valence-electron chi connectivity index (χ4n) is 1.07. The van der Waals surface area contributed by atoms with E-state index in [2.05, 4.69) is 11.8 Å². The average Bonchev–Trinajstić information content (AvgIpc) is 2.17. The van der Waals surface area contributed by atoms with E-state index in [4.69, 9.17) is 21.4 Å². The molecule has 0 aliphatic carbocycles. The zero-order valence-corrected chi connectivity index (χ0v) is 9.09. The number of hydrogen-bond acceptors (Lipinski definition) is 3. The van der Waals surface area contributed by atoms with E-state index in [0.29, 0.717) is 12.5 Å². The fourth-order valence-corrected chi connectivity index (χ4v) is 1.18. The van der Waals surface area contributed by atoms with Crippen molar-refractivity contribution in [2.24, 2.45) is 0 Å². The number of hydrogen-bond donors (Lipinski definition) is 1. The minimum absolute atomic E-state index is 0.263. The predicted octanol–water partition coefficient (Wildman–Crippen LogP) is 0.946. The SMILES string of the molecule is CCN(CCCO)CCOCCCl. The maximum atomic E-state index is 8.64. The Labute approximate surface area is 85.6 Å². The van der Waals surface area contributed by atoms with Crippen LogP contribution in [0.5, 0.6) is 0 Å². The molecule has 0 radical (unpaired) electrons. The predicted molar refractivity (Wildman–Crippen MR) is 55.4 cm³/mol. The third-order valence-electron chi connectivity index (χ3n) is 1.85. The van der Waals surface area contributed by atoms with Gasteiger partial charge >= 0.3 is 0 Å². The van der Waals surface area contributed by atoms with Gasteiger partial charge in [-0.2, -0.15) is 0 Å². The van der Waals surface area contributed by atoms with E-state index in [1.165, 1.54) is 0 Å². The van der Waals surface area contributed by atoms with Crippen molar-refractivity contribution in [2.45, 2.75) is 13.3 Å². The van der Waals surface area contributed by atoms with Crippen LogP contribution in [0.2, 0.25) is 0 Å². The summed E-state index contributed by atoms with van der Waals surface area (Å²) in [7, 11) is 0. The van der Waals surface area contributed by atoms with Gasteiger partial charge in [0.2, 0.25) is 0 Å². The van der Waals surface area contributed by atoms with Gasteiger partial charge in [-0.25, -0.2) is 0 Å². The molecule has 0 heterocycles. The quantitative estimate of drug-likeness (QED) is 0.453. The number of aliphatic hydroxyl groups is 1. The lowest BCUT2D eigenvalue weighted by atomic mass is 10.4. The van der Waals surface area contributed by atoms with Crippen LogP contribution in [-0.4, -0.2) is 55.3 Å². The Bertz CT molecular complexity index is 104. The van der Waals surface area contributed by atoms with Gasteiger partial charge in [-0.15, -0.1) is 11.6 Å². The molecule has 0 aromatic carbocycles.